The highest BCUT2D eigenvalue weighted by atomic mass is 35.5. The van der Waals surface area contributed by atoms with Crippen molar-refractivity contribution >= 4 is 23.3 Å². The molecule has 0 unspecified atom stereocenters. The van der Waals surface area contributed by atoms with Crippen molar-refractivity contribution in [2.24, 2.45) is 0 Å². The summed E-state index contributed by atoms with van der Waals surface area (Å²) in [6, 6.07) is 8.00. The van der Waals surface area contributed by atoms with E-state index in [1.165, 1.54) is 24.3 Å². The highest BCUT2D eigenvalue weighted by Crippen LogP contribution is 2.18. The number of carboxylic acids is 1. The Labute approximate surface area is 118 Å². The number of halogens is 3. The van der Waals surface area contributed by atoms with Crippen LogP contribution in [0.15, 0.2) is 36.4 Å². The van der Waals surface area contributed by atoms with Gasteiger partial charge in [-0.15, -0.1) is 0 Å². The molecule has 0 amide bonds. The van der Waals surface area contributed by atoms with Crippen molar-refractivity contribution in [3.8, 4) is 0 Å². The molecule has 2 aromatic rings. The molecule has 104 valence electrons. The Kier molecular flexibility index (Phi) is 4.20. The van der Waals surface area contributed by atoms with Crippen LogP contribution in [0.4, 0.5) is 14.5 Å². The van der Waals surface area contributed by atoms with Gasteiger partial charge in [-0.1, -0.05) is 17.7 Å². The molecule has 0 radical (unpaired) electrons. The number of nitrogens with one attached hydrogen (secondary N) is 1. The van der Waals surface area contributed by atoms with Gasteiger partial charge in [0.15, 0.2) is 0 Å². The molecule has 0 bridgehead atoms. The van der Waals surface area contributed by atoms with Gasteiger partial charge in [0.1, 0.15) is 11.6 Å². The predicted octanol–water partition coefficient (Wildman–Crippen LogP) is 3.93. The van der Waals surface area contributed by atoms with Crippen molar-refractivity contribution < 1.29 is 18.7 Å². The lowest BCUT2D eigenvalue weighted by Gasteiger charge is -2.08. The first-order chi connectivity index (χ1) is 9.47. The summed E-state index contributed by atoms with van der Waals surface area (Å²) >= 11 is 5.57. The molecule has 0 fully saturated rings. The third-order valence-electron chi connectivity index (χ3n) is 2.68. The number of carbonyl (C=O) groups is 1. The van der Waals surface area contributed by atoms with Gasteiger partial charge in [-0.2, -0.15) is 0 Å². The lowest BCUT2D eigenvalue weighted by atomic mass is 10.1. The van der Waals surface area contributed by atoms with Crippen molar-refractivity contribution in [1.82, 2.24) is 0 Å². The average Bonchev–Trinajstić information content (AvgIpc) is 2.41. The lowest BCUT2D eigenvalue weighted by molar-refractivity contribution is 0.0692. The third-order valence-corrected chi connectivity index (χ3v) is 2.98. The van der Waals surface area contributed by atoms with Crippen molar-refractivity contribution in [3.05, 3.63) is 64.2 Å². The minimum absolute atomic E-state index is 0.0312. The smallest absolute Gasteiger partial charge is 0.338 e. The Balaban J connectivity index is 2.12. The Morgan fingerprint density at radius 3 is 2.55 bits per heavy atom. The van der Waals surface area contributed by atoms with E-state index < -0.39 is 23.2 Å². The first-order valence-electron chi connectivity index (χ1n) is 5.68. The van der Waals surface area contributed by atoms with E-state index in [0.717, 1.165) is 6.07 Å². The maximum Gasteiger partial charge on any atom is 0.338 e. The molecule has 2 N–H and O–H groups in total. The van der Waals surface area contributed by atoms with Crippen LogP contribution in [0.3, 0.4) is 0 Å². The second-order valence-corrected chi connectivity index (χ2v) is 4.51. The molecule has 20 heavy (non-hydrogen) atoms. The highest BCUT2D eigenvalue weighted by Gasteiger charge is 2.10. The summed E-state index contributed by atoms with van der Waals surface area (Å²) in [5.74, 6) is -2.68. The van der Waals surface area contributed by atoms with Gasteiger partial charge in [0.2, 0.25) is 0 Å². The molecule has 3 nitrogen and oxygen atoms in total. The fraction of sp³-hybridized carbons (Fsp3) is 0.0714. The normalized spacial score (nSPS) is 10.3. The van der Waals surface area contributed by atoms with Crippen LogP contribution in [0.1, 0.15) is 15.9 Å². The molecule has 0 heterocycles. The van der Waals surface area contributed by atoms with E-state index in [2.05, 4.69) is 5.32 Å². The minimum Gasteiger partial charge on any atom is -0.478 e. The first kappa shape index (κ1) is 14.3. The molecule has 0 spiro atoms. The van der Waals surface area contributed by atoms with E-state index in [1.807, 2.05) is 0 Å². The van der Waals surface area contributed by atoms with Crippen molar-refractivity contribution in [1.29, 1.82) is 0 Å². The summed E-state index contributed by atoms with van der Waals surface area (Å²) in [6.45, 7) is 0.263. The number of benzene rings is 2. The molecular weight excluding hydrogens is 288 g/mol. The largest absolute Gasteiger partial charge is 0.478 e. The van der Waals surface area contributed by atoms with Crippen LogP contribution in [0.2, 0.25) is 5.02 Å². The Bertz CT molecular complexity index is 662. The molecule has 0 atom stereocenters. The second kappa shape index (κ2) is 5.88. The number of rotatable bonds is 4. The SMILES string of the molecule is O=C(O)c1cc(NCc2ccc(Cl)c(F)c2)ccc1F. The maximum atomic E-state index is 13.2. The third kappa shape index (κ3) is 3.24. The van der Waals surface area contributed by atoms with Crippen LogP contribution in [-0.2, 0) is 6.54 Å². The number of hydrogen-bond acceptors (Lipinski definition) is 2. The van der Waals surface area contributed by atoms with Gasteiger partial charge < -0.3 is 10.4 Å². The molecule has 6 heteroatoms. The fourth-order valence-electron chi connectivity index (χ4n) is 1.65. The summed E-state index contributed by atoms with van der Waals surface area (Å²) in [7, 11) is 0. The molecule has 0 saturated heterocycles. The van der Waals surface area contributed by atoms with Crippen LogP contribution < -0.4 is 5.32 Å². The van der Waals surface area contributed by atoms with Gasteiger partial charge in [0.25, 0.3) is 0 Å². The van der Waals surface area contributed by atoms with E-state index >= 15 is 0 Å². The first-order valence-corrected chi connectivity index (χ1v) is 6.06. The monoisotopic (exact) mass is 297 g/mol. The van der Waals surface area contributed by atoms with Crippen LogP contribution in [0.5, 0.6) is 0 Å². The summed E-state index contributed by atoms with van der Waals surface area (Å²) in [5.41, 5.74) is 0.643. The molecule has 0 saturated carbocycles. The zero-order chi connectivity index (χ0) is 14.7. The van der Waals surface area contributed by atoms with Gasteiger partial charge in [-0.05, 0) is 35.9 Å². The van der Waals surface area contributed by atoms with Crippen molar-refractivity contribution in [2.75, 3.05) is 5.32 Å². The standard InChI is InChI=1S/C14H10ClF2NO2/c15-11-3-1-8(5-13(11)17)7-18-9-2-4-12(16)10(6-9)14(19)20/h1-6,18H,7H2,(H,19,20). The Hall–Kier alpha value is -2.14. The quantitative estimate of drug-likeness (QED) is 0.899. The van der Waals surface area contributed by atoms with Crippen LogP contribution in [-0.4, -0.2) is 11.1 Å². The van der Waals surface area contributed by atoms with Crippen LogP contribution in [0.25, 0.3) is 0 Å². The zero-order valence-corrected chi connectivity index (χ0v) is 10.9. The lowest BCUT2D eigenvalue weighted by Crippen LogP contribution is -2.04. The maximum absolute atomic E-state index is 13.2. The molecule has 2 aromatic carbocycles. The average molecular weight is 298 g/mol. The van der Waals surface area contributed by atoms with E-state index in [1.54, 1.807) is 6.07 Å². The topological polar surface area (TPSA) is 49.3 Å². The minimum atomic E-state index is -1.34. The molecule has 2 rings (SSSR count). The molecule has 0 aliphatic rings. The molecule has 0 aromatic heterocycles. The van der Waals surface area contributed by atoms with E-state index in [9.17, 15) is 13.6 Å². The van der Waals surface area contributed by atoms with Gasteiger partial charge in [0.05, 0.1) is 10.6 Å². The summed E-state index contributed by atoms with van der Waals surface area (Å²) in [6.07, 6.45) is 0. The Morgan fingerprint density at radius 1 is 1.15 bits per heavy atom. The zero-order valence-electron chi connectivity index (χ0n) is 10.2. The number of carboxylic acid groups (broad SMARTS) is 1. The van der Waals surface area contributed by atoms with Gasteiger partial charge >= 0.3 is 5.97 Å². The molecule has 0 aliphatic heterocycles. The highest BCUT2D eigenvalue weighted by molar-refractivity contribution is 6.30. The van der Waals surface area contributed by atoms with Crippen LogP contribution >= 0.6 is 11.6 Å². The molecule has 0 aliphatic carbocycles. The van der Waals surface area contributed by atoms with Crippen molar-refractivity contribution in [3.63, 3.8) is 0 Å². The van der Waals surface area contributed by atoms with E-state index in [0.29, 0.717) is 11.3 Å². The van der Waals surface area contributed by atoms with Gasteiger partial charge in [-0.25, -0.2) is 13.6 Å². The summed E-state index contributed by atoms with van der Waals surface area (Å²) < 4.78 is 26.4. The number of hydrogen-bond donors (Lipinski definition) is 2. The predicted molar refractivity (Wildman–Crippen MR) is 72.1 cm³/mol. The van der Waals surface area contributed by atoms with Crippen LogP contribution in [0, 0.1) is 11.6 Å². The number of anilines is 1. The number of aromatic carboxylic acids is 1. The van der Waals surface area contributed by atoms with Gasteiger partial charge in [0, 0.05) is 12.2 Å². The second-order valence-electron chi connectivity index (χ2n) is 4.10. The fourth-order valence-corrected chi connectivity index (χ4v) is 1.77. The summed E-state index contributed by atoms with van der Waals surface area (Å²) in [4.78, 5) is 10.8. The van der Waals surface area contributed by atoms with Gasteiger partial charge in [-0.3, -0.25) is 0 Å². The Morgan fingerprint density at radius 2 is 1.90 bits per heavy atom. The molecular formula is C14H10ClF2NO2. The van der Waals surface area contributed by atoms with E-state index in [-0.39, 0.29) is 11.6 Å². The van der Waals surface area contributed by atoms with Crippen molar-refractivity contribution in [2.45, 2.75) is 6.54 Å². The summed E-state index contributed by atoms with van der Waals surface area (Å²) in [5, 5.41) is 11.7. The van der Waals surface area contributed by atoms with E-state index in [4.69, 9.17) is 16.7 Å².